The number of rotatable bonds is 3. The first kappa shape index (κ1) is 20.5. The van der Waals surface area contributed by atoms with Crippen LogP contribution < -0.4 is 5.32 Å². The van der Waals surface area contributed by atoms with Gasteiger partial charge in [-0.05, 0) is 37.0 Å². The fourth-order valence-corrected chi connectivity index (χ4v) is 3.92. The molecule has 0 bridgehead atoms. The van der Waals surface area contributed by atoms with Crippen molar-refractivity contribution in [2.45, 2.75) is 44.7 Å². The van der Waals surface area contributed by atoms with E-state index >= 15 is 0 Å². The molecule has 6 nitrogen and oxygen atoms in total. The normalized spacial score (nSPS) is 18.6. The highest BCUT2D eigenvalue weighted by Gasteiger charge is 2.25. The minimum absolute atomic E-state index is 0.0400. The van der Waals surface area contributed by atoms with E-state index in [0.717, 1.165) is 44.2 Å². The number of urea groups is 1. The molecule has 0 atom stereocenters. The minimum atomic E-state index is -0.250. The number of halogens is 1. The molecule has 1 heterocycles. The molecule has 26 heavy (non-hydrogen) atoms. The van der Waals surface area contributed by atoms with E-state index in [-0.39, 0.29) is 12.5 Å². The van der Waals surface area contributed by atoms with Crippen molar-refractivity contribution in [3.63, 3.8) is 0 Å². The molecule has 1 aromatic carbocycles. The summed E-state index contributed by atoms with van der Waals surface area (Å²) >= 11 is 5.98. The van der Waals surface area contributed by atoms with Crippen LogP contribution in [0.2, 0.25) is 5.02 Å². The number of amides is 2. The molecule has 1 aliphatic carbocycles. The summed E-state index contributed by atoms with van der Waals surface area (Å²) in [5.74, 6) is 0. The van der Waals surface area contributed by atoms with Crippen LogP contribution in [0.5, 0.6) is 0 Å². The predicted octanol–water partition coefficient (Wildman–Crippen LogP) is 3.20. The number of carboxylic acid groups (broad SMARTS) is 1. The number of nitrogens with zero attached hydrogens (tertiary/aromatic N) is 2. The second-order valence-electron chi connectivity index (χ2n) is 6.71. The Labute approximate surface area is 160 Å². The Morgan fingerprint density at radius 1 is 1.19 bits per heavy atom. The van der Waals surface area contributed by atoms with Gasteiger partial charge in [0.25, 0.3) is 6.47 Å². The molecule has 3 rings (SSSR count). The van der Waals surface area contributed by atoms with Gasteiger partial charge in [-0.15, -0.1) is 0 Å². The van der Waals surface area contributed by atoms with Crippen LogP contribution in [-0.2, 0) is 11.3 Å². The highest BCUT2D eigenvalue weighted by molar-refractivity contribution is 6.30. The van der Waals surface area contributed by atoms with Crippen molar-refractivity contribution < 1.29 is 14.7 Å². The molecule has 1 saturated carbocycles. The van der Waals surface area contributed by atoms with Crippen LogP contribution in [0.1, 0.15) is 37.7 Å². The maximum atomic E-state index is 12.4. The lowest BCUT2D eigenvalue weighted by Crippen LogP contribution is -2.42. The van der Waals surface area contributed by atoms with E-state index in [1.165, 1.54) is 25.7 Å². The first-order valence-corrected chi connectivity index (χ1v) is 9.61. The molecule has 2 aliphatic rings. The summed E-state index contributed by atoms with van der Waals surface area (Å²) in [5, 5.41) is 10.6. The summed E-state index contributed by atoms with van der Waals surface area (Å²) in [7, 11) is 0. The minimum Gasteiger partial charge on any atom is -0.483 e. The van der Waals surface area contributed by atoms with Gasteiger partial charge in [-0.1, -0.05) is 36.6 Å². The third-order valence-electron chi connectivity index (χ3n) is 4.99. The average Bonchev–Trinajstić information content (AvgIpc) is 3.05. The Balaban J connectivity index is 0.000000758. The molecule has 2 fully saturated rings. The van der Waals surface area contributed by atoms with Crippen LogP contribution in [0.3, 0.4) is 0 Å². The van der Waals surface area contributed by atoms with E-state index in [1.807, 2.05) is 29.2 Å². The zero-order chi connectivity index (χ0) is 18.8. The smallest absolute Gasteiger partial charge is 0.317 e. The predicted molar refractivity (Wildman–Crippen MR) is 102 cm³/mol. The fourth-order valence-electron chi connectivity index (χ4n) is 3.71. The maximum Gasteiger partial charge on any atom is 0.317 e. The number of carbonyl (C=O) groups excluding carboxylic acids is 1. The first-order valence-electron chi connectivity index (χ1n) is 9.23. The third-order valence-corrected chi connectivity index (χ3v) is 5.23. The van der Waals surface area contributed by atoms with Gasteiger partial charge in [0.05, 0.1) is 0 Å². The number of carbonyl (C=O) groups is 2. The van der Waals surface area contributed by atoms with Gasteiger partial charge in [0.2, 0.25) is 0 Å². The van der Waals surface area contributed by atoms with Crippen LogP contribution >= 0.6 is 11.6 Å². The summed E-state index contributed by atoms with van der Waals surface area (Å²) in [4.78, 5) is 25.3. The average molecular weight is 382 g/mol. The van der Waals surface area contributed by atoms with Gasteiger partial charge in [0.15, 0.2) is 0 Å². The van der Waals surface area contributed by atoms with E-state index in [4.69, 9.17) is 21.5 Å². The molecule has 144 valence electrons. The molecule has 1 aromatic rings. The van der Waals surface area contributed by atoms with Crippen molar-refractivity contribution in [1.29, 1.82) is 0 Å². The van der Waals surface area contributed by atoms with Gasteiger partial charge in [-0.3, -0.25) is 9.69 Å². The molecule has 0 radical (unpaired) electrons. The van der Waals surface area contributed by atoms with Crippen LogP contribution in [0.25, 0.3) is 0 Å². The summed E-state index contributed by atoms with van der Waals surface area (Å²) in [6.07, 6.45) is 6.47. The van der Waals surface area contributed by atoms with Crippen molar-refractivity contribution in [2.75, 3.05) is 26.2 Å². The monoisotopic (exact) mass is 381 g/mol. The molecule has 7 heteroatoms. The zero-order valence-corrected chi connectivity index (χ0v) is 15.8. The van der Waals surface area contributed by atoms with Gasteiger partial charge in [-0.2, -0.15) is 0 Å². The lowest BCUT2D eigenvalue weighted by atomic mass is 10.2. The molecule has 2 N–H and O–H groups in total. The van der Waals surface area contributed by atoms with Gasteiger partial charge in [0.1, 0.15) is 0 Å². The van der Waals surface area contributed by atoms with Crippen LogP contribution in [-0.4, -0.2) is 59.6 Å². The Morgan fingerprint density at radius 3 is 2.62 bits per heavy atom. The van der Waals surface area contributed by atoms with E-state index in [9.17, 15) is 4.79 Å². The second-order valence-corrected chi connectivity index (χ2v) is 7.15. The maximum absolute atomic E-state index is 12.4. The number of hydrogen-bond donors (Lipinski definition) is 2. The van der Waals surface area contributed by atoms with E-state index in [0.29, 0.717) is 11.6 Å². The van der Waals surface area contributed by atoms with Gasteiger partial charge < -0.3 is 15.3 Å². The summed E-state index contributed by atoms with van der Waals surface area (Å²) in [6, 6.07) is 8.43. The van der Waals surface area contributed by atoms with Gasteiger partial charge >= 0.3 is 6.03 Å². The van der Waals surface area contributed by atoms with Crippen molar-refractivity contribution in [2.24, 2.45) is 0 Å². The molecule has 1 aliphatic heterocycles. The second kappa shape index (κ2) is 11.0. The summed E-state index contributed by atoms with van der Waals surface area (Å²) in [6.45, 7) is 4.10. The largest absolute Gasteiger partial charge is 0.483 e. The molecular weight excluding hydrogens is 354 g/mol. The molecule has 0 aromatic heterocycles. The van der Waals surface area contributed by atoms with Gasteiger partial charge in [-0.25, -0.2) is 4.79 Å². The van der Waals surface area contributed by atoms with Crippen molar-refractivity contribution in [3.05, 3.63) is 34.9 Å². The number of hydrogen-bond acceptors (Lipinski definition) is 3. The quantitative estimate of drug-likeness (QED) is 0.788. The Hall–Kier alpha value is -1.79. The van der Waals surface area contributed by atoms with Crippen LogP contribution in [0, 0.1) is 0 Å². The Kier molecular flexibility index (Phi) is 8.71. The fraction of sp³-hybridized carbons (Fsp3) is 0.579. The van der Waals surface area contributed by atoms with Crippen molar-refractivity contribution in [3.8, 4) is 0 Å². The van der Waals surface area contributed by atoms with E-state index < -0.39 is 0 Å². The lowest BCUT2D eigenvalue weighted by Gasteiger charge is -2.27. The first-order chi connectivity index (χ1) is 12.6. The molecule has 0 spiro atoms. The van der Waals surface area contributed by atoms with E-state index in [2.05, 4.69) is 10.2 Å². The number of benzene rings is 1. The highest BCUT2D eigenvalue weighted by Crippen LogP contribution is 2.24. The summed E-state index contributed by atoms with van der Waals surface area (Å²) in [5.41, 5.74) is 1.04. The van der Waals surface area contributed by atoms with Gasteiger partial charge in [0, 0.05) is 43.8 Å². The topological polar surface area (TPSA) is 72.9 Å². The third kappa shape index (κ3) is 6.50. The van der Waals surface area contributed by atoms with Crippen LogP contribution in [0.4, 0.5) is 4.79 Å². The number of nitrogens with one attached hydrogen (secondary N) is 1. The summed E-state index contributed by atoms with van der Waals surface area (Å²) < 4.78 is 0. The van der Waals surface area contributed by atoms with Crippen LogP contribution in [0.15, 0.2) is 24.3 Å². The van der Waals surface area contributed by atoms with Crippen molar-refractivity contribution >= 4 is 24.1 Å². The highest BCUT2D eigenvalue weighted by atomic mass is 35.5. The lowest BCUT2D eigenvalue weighted by molar-refractivity contribution is -0.122. The van der Waals surface area contributed by atoms with E-state index in [1.54, 1.807) is 0 Å². The SMILES string of the molecule is O=C(NCc1cccc(Cl)c1)N1CCCN(C2CCCC2)CC1.O=CO. The zero-order valence-electron chi connectivity index (χ0n) is 15.1. The standard InChI is InChI=1S/C18H26ClN3O.CH2O2/c19-16-6-3-5-15(13-16)14-20-18(23)22-10-4-9-21(11-12-22)17-7-1-2-8-17;2-1-3/h3,5-6,13,17H,1-2,4,7-12,14H2,(H,20,23);1H,(H,2,3). The Morgan fingerprint density at radius 2 is 1.92 bits per heavy atom. The van der Waals surface area contributed by atoms with Crippen molar-refractivity contribution in [1.82, 2.24) is 15.1 Å². The molecule has 0 unspecified atom stereocenters. The molecular formula is C19H28ClN3O3. The molecule has 1 saturated heterocycles. The molecule has 2 amide bonds. The Bertz CT molecular complexity index is 579.